The van der Waals surface area contributed by atoms with Crippen LogP contribution in [0, 0.1) is 5.82 Å². The highest BCUT2D eigenvalue weighted by molar-refractivity contribution is 7.89. The van der Waals surface area contributed by atoms with E-state index in [-0.39, 0.29) is 6.04 Å². The topological polar surface area (TPSA) is 102 Å². The van der Waals surface area contributed by atoms with Crippen LogP contribution in [-0.4, -0.2) is 39.5 Å². The Balaban J connectivity index is 2.50. The van der Waals surface area contributed by atoms with Gasteiger partial charge >= 0.3 is 5.97 Å². The van der Waals surface area contributed by atoms with Crippen LogP contribution in [0.2, 0.25) is 0 Å². The normalized spacial score (nSPS) is 11.3. The van der Waals surface area contributed by atoms with Gasteiger partial charge in [-0.15, -0.1) is 0 Å². The molecule has 1 aromatic rings. The second-order valence-electron chi connectivity index (χ2n) is 4.64. The molecule has 0 unspecified atom stereocenters. The highest BCUT2D eigenvalue weighted by atomic mass is 32.2. The Hall–Kier alpha value is -2.00. The van der Waals surface area contributed by atoms with Crippen LogP contribution in [0.15, 0.2) is 29.2 Å². The molecule has 0 aliphatic carbocycles. The lowest BCUT2D eigenvalue weighted by Crippen LogP contribution is -2.36. The van der Waals surface area contributed by atoms with E-state index in [2.05, 4.69) is 10.1 Å². The van der Waals surface area contributed by atoms with Crippen molar-refractivity contribution in [1.82, 2.24) is 10.0 Å². The fraction of sp³-hybridized carbons (Fsp3) is 0.385. The second-order valence-corrected chi connectivity index (χ2v) is 6.37. The molecule has 22 heavy (non-hydrogen) atoms. The molecule has 0 aromatic heterocycles. The zero-order valence-electron chi connectivity index (χ0n) is 12.1. The van der Waals surface area contributed by atoms with Crippen LogP contribution >= 0.6 is 0 Å². The summed E-state index contributed by atoms with van der Waals surface area (Å²) in [5.74, 6) is -2.38. The molecule has 2 N–H and O–H groups in total. The molecule has 0 aliphatic heterocycles. The Morgan fingerprint density at radius 2 is 1.91 bits per heavy atom. The smallest absolute Gasteiger partial charge is 0.321 e. The molecule has 122 valence electrons. The fourth-order valence-electron chi connectivity index (χ4n) is 1.46. The number of sulfonamides is 1. The van der Waals surface area contributed by atoms with Crippen LogP contribution < -0.4 is 10.0 Å². The molecule has 0 radical (unpaired) electrons. The van der Waals surface area contributed by atoms with Crippen LogP contribution in [0.3, 0.4) is 0 Å². The molecule has 1 aromatic carbocycles. The molecular formula is C13H17FN2O5S. The number of ether oxygens (including phenoxy) is 1. The summed E-state index contributed by atoms with van der Waals surface area (Å²) in [6.45, 7) is 2.26. The van der Waals surface area contributed by atoms with E-state index in [9.17, 15) is 22.4 Å². The van der Waals surface area contributed by atoms with E-state index >= 15 is 0 Å². The van der Waals surface area contributed by atoms with E-state index in [1.54, 1.807) is 13.8 Å². The van der Waals surface area contributed by atoms with Crippen LogP contribution in [0.5, 0.6) is 0 Å². The minimum Gasteiger partial charge on any atom is -0.455 e. The Kier molecular flexibility index (Phi) is 6.44. The third-order valence-electron chi connectivity index (χ3n) is 2.35. The standard InChI is InChI=1S/C13H17FN2O5S/c1-9(2)16-12(17)8-21-13(18)7-15-22(19,20)11-6-4-3-5-10(11)14/h3-6,9,15H,7-8H2,1-2H3,(H,16,17). The maximum Gasteiger partial charge on any atom is 0.321 e. The van der Waals surface area contributed by atoms with E-state index in [0.29, 0.717) is 0 Å². The number of nitrogens with one attached hydrogen (secondary N) is 2. The minimum absolute atomic E-state index is 0.106. The lowest BCUT2D eigenvalue weighted by atomic mass is 10.4. The Bertz CT molecular complexity index is 646. The number of halogens is 1. The van der Waals surface area contributed by atoms with Crippen molar-refractivity contribution < 1.29 is 27.1 Å². The summed E-state index contributed by atoms with van der Waals surface area (Å²) in [4.78, 5) is 22.1. The summed E-state index contributed by atoms with van der Waals surface area (Å²) >= 11 is 0. The van der Waals surface area contributed by atoms with Gasteiger partial charge in [0.05, 0.1) is 0 Å². The SMILES string of the molecule is CC(C)NC(=O)COC(=O)CNS(=O)(=O)c1ccccc1F. The van der Waals surface area contributed by atoms with Crippen molar-refractivity contribution in [1.29, 1.82) is 0 Å². The first-order chi connectivity index (χ1) is 10.2. The number of carbonyl (C=O) groups is 2. The number of rotatable bonds is 7. The van der Waals surface area contributed by atoms with Gasteiger partial charge in [-0.1, -0.05) is 12.1 Å². The Labute approximate surface area is 127 Å². The van der Waals surface area contributed by atoms with Gasteiger partial charge in [-0.25, -0.2) is 12.8 Å². The van der Waals surface area contributed by atoms with Crippen LogP contribution in [0.1, 0.15) is 13.8 Å². The summed E-state index contributed by atoms with van der Waals surface area (Å²) in [5, 5.41) is 2.50. The zero-order valence-corrected chi connectivity index (χ0v) is 12.9. The van der Waals surface area contributed by atoms with Crippen molar-refractivity contribution in [3.05, 3.63) is 30.1 Å². The first-order valence-corrected chi connectivity index (χ1v) is 7.90. The Morgan fingerprint density at radius 1 is 1.27 bits per heavy atom. The fourth-order valence-corrected chi connectivity index (χ4v) is 2.50. The molecule has 1 amide bonds. The van der Waals surface area contributed by atoms with Crippen molar-refractivity contribution in [2.45, 2.75) is 24.8 Å². The molecule has 0 saturated carbocycles. The Morgan fingerprint density at radius 3 is 2.50 bits per heavy atom. The van der Waals surface area contributed by atoms with Gasteiger partial charge in [-0.05, 0) is 26.0 Å². The lowest BCUT2D eigenvalue weighted by molar-refractivity contribution is -0.147. The van der Waals surface area contributed by atoms with Crippen LogP contribution in [-0.2, 0) is 24.3 Å². The van der Waals surface area contributed by atoms with E-state index in [1.165, 1.54) is 12.1 Å². The second kappa shape index (κ2) is 7.85. The van der Waals surface area contributed by atoms with Crippen molar-refractivity contribution in [3.63, 3.8) is 0 Å². The molecule has 9 heteroatoms. The number of esters is 1. The summed E-state index contributed by atoms with van der Waals surface area (Å²) in [7, 11) is -4.17. The largest absolute Gasteiger partial charge is 0.455 e. The van der Waals surface area contributed by atoms with E-state index in [1.807, 2.05) is 4.72 Å². The average Bonchev–Trinajstić information content (AvgIpc) is 2.42. The van der Waals surface area contributed by atoms with Crippen molar-refractivity contribution in [3.8, 4) is 0 Å². The van der Waals surface area contributed by atoms with Gasteiger partial charge in [0.1, 0.15) is 17.3 Å². The van der Waals surface area contributed by atoms with Gasteiger partial charge in [0, 0.05) is 6.04 Å². The molecule has 0 saturated heterocycles. The molecule has 7 nitrogen and oxygen atoms in total. The van der Waals surface area contributed by atoms with Crippen molar-refractivity contribution >= 4 is 21.9 Å². The molecule has 1 rings (SSSR count). The average molecular weight is 332 g/mol. The van der Waals surface area contributed by atoms with Crippen molar-refractivity contribution in [2.75, 3.05) is 13.2 Å². The van der Waals surface area contributed by atoms with Gasteiger partial charge in [0.25, 0.3) is 5.91 Å². The highest BCUT2D eigenvalue weighted by Gasteiger charge is 2.20. The number of carbonyl (C=O) groups excluding carboxylic acids is 2. The van der Waals surface area contributed by atoms with E-state index in [0.717, 1.165) is 12.1 Å². The van der Waals surface area contributed by atoms with Crippen LogP contribution in [0.25, 0.3) is 0 Å². The van der Waals surface area contributed by atoms with Gasteiger partial charge < -0.3 is 10.1 Å². The molecule has 0 heterocycles. The summed E-state index contributed by atoms with van der Waals surface area (Å²) in [6.07, 6.45) is 0. The van der Waals surface area contributed by atoms with Gasteiger partial charge in [0.15, 0.2) is 6.61 Å². The van der Waals surface area contributed by atoms with Gasteiger partial charge in [-0.2, -0.15) is 4.72 Å². The predicted molar refractivity (Wildman–Crippen MR) is 75.8 cm³/mol. The molecule has 0 bridgehead atoms. The number of hydrogen-bond donors (Lipinski definition) is 2. The third kappa shape index (κ3) is 5.78. The zero-order chi connectivity index (χ0) is 16.8. The highest BCUT2D eigenvalue weighted by Crippen LogP contribution is 2.12. The van der Waals surface area contributed by atoms with Gasteiger partial charge in [-0.3, -0.25) is 9.59 Å². The van der Waals surface area contributed by atoms with Crippen molar-refractivity contribution in [2.24, 2.45) is 0 Å². The molecular weight excluding hydrogens is 315 g/mol. The molecule has 0 aliphatic rings. The summed E-state index contributed by atoms with van der Waals surface area (Å²) < 4.78 is 43.5. The summed E-state index contributed by atoms with van der Waals surface area (Å²) in [6, 6.07) is 4.65. The number of hydrogen-bond acceptors (Lipinski definition) is 5. The predicted octanol–water partition coefficient (Wildman–Crippen LogP) is 0.172. The maximum atomic E-state index is 13.4. The molecule has 0 fully saturated rings. The quantitative estimate of drug-likeness (QED) is 0.693. The lowest BCUT2D eigenvalue weighted by Gasteiger charge is -2.10. The molecule has 0 atom stereocenters. The van der Waals surface area contributed by atoms with Gasteiger partial charge in [0.2, 0.25) is 10.0 Å². The van der Waals surface area contributed by atoms with E-state index < -0.39 is 45.8 Å². The third-order valence-corrected chi connectivity index (χ3v) is 3.78. The van der Waals surface area contributed by atoms with Crippen LogP contribution in [0.4, 0.5) is 4.39 Å². The maximum absolute atomic E-state index is 13.4. The first kappa shape index (κ1) is 18.1. The summed E-state index contributed by atoms with van der Waals surface area (Å²) in [5.41, 5.74) is 0. The number of amides is 1. The minimum atomic E-state index is -4.17. The van der Waals surface area contributed by atoms with E-state index in [4.69, 9.17) is 0 Å². The first-order valence-electron chi connectivity index (χ1n) is 6.41. The number of benzene rings is 1. The monoisotopic (exact) mass is 332 g/mol. The molecule has 0 spiro atoms.